The second kappa shape index (κ2) is 4.60. The van der Waals surface area contributed by atoms with Crippen LogP contribution in [0.15, 0.2) is 24.3 Å². The van der Waals surface area contributed by atoms with Crippen LogP contribution in [0.4, 0.5) is 5.69 Å². The van der Waals surface area contributed by atoms with Gasteiger partial charge in [0.2, 0.25) is 5.91 Å². The topological polar surface area (TPSA) is 20.3 Å². The average Bonchev–Trinajstić information content (AvgIpc) is 2.16. The molecule has 0 bridgehead atoms. The third kappa shape index (κ3) is 2.35. The molecule has 0 aliphatic carbocycles. The van der Waals surface area contributed by atoms with Gasteiger partial charge in [0, 0.05) is 6.92 Å². The van der Waals surface area contributed by atoms with Gasteiger partial charge in [0.15, 0.2) is 0 Å². The SMILES string of the molecule is CC(=O)N(Br)c1ccccc1C(C)C. The fourth-order valence-corrected chi connectivity index (χ4v) is 1.65. The van der Waals surface area contributed by atoms with Gasteiger partial charge in [0.05, 0.1) is 21.8 Å². The normalized spacial score (nSPS) is 10.4. The molecule has 0 aromatic heterocycles. The lowest BCUT2D eigenvalue weighted by Gasteiger charge is -2.18. The van der Waals surface area contributed by atoms with Gasteiger partial charge in [0.25, 0.3) is 0 Å². The van der Waals surface area contributed by atoms with Gasteiger partial charge in [-0.05, 0) is 17.5 Å². The number of nitrogens with zero attached hydrogens (tertiary/aromatic N) is 1. The van der Waals surface area contributed by atoms with Gasteiger partial charge in [-0.1, -0.05) is 32.0 Å². The molecular weight excluding hydrogens is 242 g/mol. The molecule has 1 aromatic rings. The van der Waals surface area contributed by atoms with Crippen LogP contribution < -0.4 is 3.93 Å². The summed E-state index contributed by atoms with van der Waals surface area (Å²) >= 11 is 3.25. The van der Waals surface area contributed by atoms with Crippen LogP contribution in [-0.2, 0) is 4.79 Å². The molecule has 0 heterocycles. The molecule has 3 heteroatoms. The molecule has 0 aliphatic heterocycles. The predicted molar refractivity (Wildman–Crippen MR) is 62.6 cm³/mol. The molecule has 76 valence electrons. The highest BCUT2D eigenvalue weighted by Gasteiger charge is 2.13. The van der Waals surface area contributed by atoms with Gasteiger partial charge in [-0.15, -0.1) is 0 Å². The van der Waals surface area contributed by atoms with Crippen molar-refractivity contribution in [2.45, 2.75) is 26.7 Å². The lowest BCUT2D eigenvalue weighted by Crippen LogP contribution is -2.17. The van der Waals surface area contributed by atoms with E-state index in [4.69, 9.17) is 0 Å². The van der Waals surface area contributed by atoms with E-state index in [2.05, 4.69) is 30.0 Å². The Bertz CT molecular complexity index is 336. The molecule has 0 saturated heterocycles. The average molecular weight is 256 g/mol. The Morgan fingerprint density at radius 3 is 2.43 bits per heavy atom. The summed E-state index contributed by atoms with van der Waals surface area (Å²) < 4.78 is 1.50. The summed E-state index contributed by atoms with van der Waals surface area (Å²) in [4.78, 5) is 11.2. The zero-order valence-corrected chi connectivity index (χ0v) is 10.2. The Hall–Kier alpha value is -0.830. The first kappa shape index (κ1) is 11.2. The summed E-state index contributed by atoms with van der Waals surface area (Å²) in [6.45, 7) is 5.76. The van der Waals surface area contributed by atoms with Crippen molar-refractivity contribution in [3.8, 4) is 0 Å². The minimum absolute atomic E-state index is 0.0156. The minimum Gasteiger partial charge on any atom is -0.274 e. The number of benzene rings is 1. The lowest BCUT2D eigenvalue weighted by molar-refractivity contribution is -0.115. The van der Waals surface area contributed by atoms with Crippen molar-refractivity contribution in [2.75, 3.05) is 3.93 Å². The second-order valence-corrected chi connectivity index (χ2v) is 4.22. The van der Waals surface area contributed by atoms with E-state index in [1.54, 1.807) is 0 Å². The molecule has 0 fully saturated rings. The smallest absolute Gasteiger partial charge is 0.233 e. The molecule has 0 aliphatic rings. The number of hydrogen-bond donors (Lipinski definition) is 0. The van der Waals surface area contributed by atoms with E-state index in [0.29, 0.717) is 5.92 Å². The van der Waals surface area contributed by atoms with Crippen LogP contribution in [0.3, 0.4) is 0 Å². The van der Waals surface area contributed by atoms with Crippen molar-refractivity contribution in [2.24, 2.45) is 0 Å². The molecule has 2 nitrogen and oxygen atoms in total. The van der Waals surface area contributed by atoms with E-state index in [0.717, 1.165) is 5.69 Å². The zero-order chi connectivity index (χ0) is 10.7. The number of rotatable bonds is 2. The Morgan fingerprint density at radius 1 is 1.36 bits per heavy atom. The number of carbonyl (C=O) groups excluding carboxylic acids is 1. The van der Waals surface area contributed by atoms with E-state index < -0.39 is 0 Å². The zero-order valence-electron chi connectivity index (χ0n) is 8.62. The highest BCUT2D eigenvalue weighted by atomic mass is 79.9. The van der Waals surface area contributed by atoms with E-state index >= 15 is 0 Å². The largest absolute Gasteiger partial charge is 0.274 e. The Balaban J connectivity index is 3.13. The van der Waals surface area contributed by atoms with Crippen LogP contribution in [0.5, 0.6) is 0 Å². The van der Waals surface area contributed by atoms with Crippen LogP contribution >= 0.6 is 16.1 Å². The molecule has 0 N–H and O–H groups in total. The molecule has 1 aromatic carbocycles. The highest BCUT2D eigenvalue weighted by molar-refractivity contribution is 9.10. The minimum atomic E-state index is -0.0156. The summed E-state index contributed by atoms with van der Waals surface area (Å²) in [6.07, 6.45) is 0. The first-order chi connectivity index (χ1) is 6.54. The maximum absolute atomic E-state index is 11.2. The summed E-state index contributed by atoms with van der Waals surface area (Å²) in [5.74, 6) is 0.392. The predicted octanol–water partition coefficient (Wildman–Crippen LogP) is 3.47. The molecule has 0 atom stereocenters. The van der Waals surface area contributed by atoms with Crippen molar-refractivity contribution in [1.82, 2.24) is 0 Å². The van der Waals surface area contributed by atoms with Crippen LogP contribution in [-0.4, -0.2) is 5.91 Å². The molecule has 0 radical (unpaired) electrons. The van der Waals surface area contributed by atoms with E-state index in [1.807, 2.05) is 24.3 Å². The molecule has 0 unspecified atom stereocenters. The quantitative estimate of drug-likeness (QED) is 0.742. The highest BCUT2D eigenvalue weighted by Crippen LogP contribution is 2.29. The molecule has 1 amide bonds. The van der Waals surface area contributed by atoms with Crippen molar-refractivity contribution in [3.63, 3.8) is 0 Å². The van der Waals surface area contributed by atoms with Crippen LogP contribution in [0.25, 0.3) is 0 Å². The molecular formula is C11H14BrNO. The van der Waals surface area contributed by atoms with Gasteiger partial charge in [-0.3, -0.25) is 4.79 Å². The lowest BCUT2D eigenvalue weighted by atomic mass is 10.0. The van der Waals surface area contributed by atoms with E-state index in [1.165, 1.54) is 16.4 Å². The number of para-hydroxylation sites is 1. The third-order valence-corrected chi connectivity index (χ3v) is 2.93. The maximum atomic E-state index is 11.2. The number of hydrogen-bond acceptors (Lipinski definition) is 1. The number of halogens is 1. The number of anilines is 1. The standard InChI is InChI=1S/C11H14BrNO/c1-8(2)10-6-4-5-7-11(10)13(12)9(3)14/h4-8H,1-3H3. The van der Waals surface area contributed by atoms with Crippen molar-refractivity contribution >= 4 is 27.7 Å². The van der Waals surface area contributed by atoms with Crippen LogP contribution in [0.2, 0.25) is 0 Å². The third-order valence-electron chi connectivity index (χ3n) is 2.05. The Labute approximate surface area is 93.3 Å². The fraction of sp³-hybridized carbons (Fsp3) is 0.364. The Kier molecular flexibility index (Phi) is 3.69. The monoisotopic (exact) mass is 255 g/mol. The summed E-state index contributed by atoms with van der Waals surface area (Å²) in [6, 6.07) is 7.89. The number of carbonyl (C=O) groups is 1. The first-order valence-electron chi connectivity index (χ1n) is 4.59. The van der Waals surface area contributed by atoms with Crippen molar-refractivity contribution in [1.29, 1.82) is 0 Å². The van der Waals surface area contributed by atoms with Crippen LogP contribution in [0, 0.1) is 0 Å². The molecule has 14 heavy (non-hydrogen) atoms. The summed E-state index contributed by atoms with van der Waals surface area (Å²) in [5.41, 5.74) is 2.09. The molecule has 0 saturated carbocycles. The van der Waals surface area contributed by atoms with E-state index in [9.17, 15) is 4.79 Å². The Morgan fingerprint density at radius 2 is 1.93 bits per heavy atom. The molecule has 1 rings (SSSR count). The maximum Gasteiger partial charge on any atom is 0.233 e. The van der Waals surface area contributed by atoms with Gasteiger partial charge < -0.3 is 0 Å². The van der Waals surface area contributed by atoms with E-state index in [-0.39, 0.29) is 5.91 Å². The van der Waals surface area contributed by atoms with Gasteiger partial charge in [-0.25, -0.2) is 3.93 Å². The van der Waals surface area contributed by atoms with Crippen LogP contribution in [0.1, 0.15) is 32.3 Å². The number of amides is 1. The summed E-state index contributed by atoms with van der Waals surface area (Å²) in [5, 5.41) is 0. The van der Waals surface area contributed by atoms with Crippen molar-refractivity contribution in [3.05, 3.63) is 29.8 Å². The van der Waals surface area contributed by atoms with Gasteiger partial charge in [0.1, 0.15) is 0 Å². The van der Waals surface area contributed by atoms with Gasteiger partial charge in [-0.2, -0.15) is 0 Å². The second-order valence-electron chi connectivity index (χ2n) is 3.51. The molecule has 0 spiro atoms. The first-order valence-corrected chi connectivity index (χ1v) is 5.30. The van der Waals surface area contributed by atoms with Gasteiger partial charge >= 0.3 is 0 Å². The van der Waals surface area contributed by atoms with Crippen molar-refractivity contribution < 1.29 is 4.79 Å². The fourth-order valence-electron chi connectivity index (χ4n) is 1.32. The summed E-state index contributed by atoms with van der Waals surface area (Å²) in [7, 11) is 0.